The first kappa shape index (κ1) is 14.6. The van der Waals surface area contributed by atoms with Gasteiger partial charge in [-0.2, -0.15) is 0 Å². The Morgan fingerprint density at radius 3 is 1.43 bits per heavy atom. The normalized spacial score (nSPS) is 19.0. The summed E-state index contributed by atoms with van der Waals surface area (Å²) in [5.74, 6) is 2.04. The Morgan fingerprint density at radius 2 is 1.00 bits per heavy atom. The van der Waals surface area contributed by atoms with E-state index in [4.69, 9.17) is 18.9 Å². The average Bonchev–Trinajstić information content (AvgIpc) is 2.90. The molecule has 0 saturated carbocycles. The molecule has 0 N–H and O–H groups in total. The molecule has 2 aromatic rings. The van der Waals surface area contributed by atoms with Crippen molar-refractivity contribution >= 4 is 19.2 Å². The molecule has 2 heterocycles. The zero-order valence-corrected chi connectivity index (χ0v) is 14.6. The molecular formula is C18H19O4P. The predicted molar refractivity (Wildman–Crippen MR) is 91.1 cm³/mol. The Balaban J connectivity index is 1.57. The molecule has 0 unspecified atom stereocenters. The zero-order valence-electron chi connectivity index (χ0n) is 13.6. The third-order valence-corrected chi connectivity index (χ3v) is 4.80. The number of ether oxygens (including phenoxy) is 4. The molecule has 2 aliphatic rings. The smallest absolute Gasteiger partial charge is 0.246 e. The fourth-order valence-corrected chi connectivity index (χ4v) is 3.84. The van der Waals surface area contributed by atoms with Crippen LogP contribution in [-0.2, 0) is 0 Å². The van der Waals surface area contributed by atoms with Crippen molar-refractivity contribution in [3.05, 3.63) is 36.4 Å². The van der Waals surface area contributed by atoms with Crippen molar-refractivity contribution in [2.24, 2.45) is 0 Å². The van der Waals surface area contributed by atoms with E-state index >= 15 is 0 Å². The average molecular weight is 330 g/mol. The van der Waals surface area contributed by atoms with E-state index in [0.717, 1.165) is 23.0 Å². The van der Waals surface area contributed by atoms with Gasteiger partial charge in [0.15, 0.2) is 23.0 Å². The molecule has 0 atom stereocenters. The van der Waals surface area contributed by atoms with Crippen LogP contribution in [0.2, 0.25) is 0 Å². The molecule has 23 heavy (non-hydrogen) atoms. The highest BCUT2D eigenvalue weighted by Crippen LogP contribution is 2.40. The lowest BCUT2D eigenvalue weighted by Gasteiger charge is -2.16. The van der Waals surface area contributed by atoms with Gasteiger partial charge in [0.1, 0.15) is 0 Å². The van der Waals surface area contributed by atoms with Gasteiger partial charge in [-0.15, -0.1) is 0 Å². The molecule has 0 amide bonds. The summed E-state index contributed by atoms with van der Waals surface area (Å²) in [5, 5.41) is 2.39. The molecule has 0 fully saturated rings. The van der Waals surface area contributed by atoms with Crippen molar-refractivity contribution in [1.82, 2.24) is 0 Å². The van der Waals surface area contributed by atoms with Crippen LogP contribution in [0.5, 0.6) is 23.0 Å². The van der Waals surface area contributed by atoms with Crippen LogP contribution in [0.4, 0.5) is 0 Å². The zero-order chi connectivity index (χ0) is 16.2. The van der Waals surface area contributed by atoms with E-state index in [0.29, 0.717) is 8.58 Å². The molecule has 0 bridgehead atoms. The standard InChI is InChI=1S/C18H19O4P/c1-17(2)19-13-7-5-11(9-15(13)21-17)23-12-6-8-14-16(10-12)22-18(3,4)20-14/h5-10,23H,1-4H3. The Labute approximate surface area is 137 Å². The Hall–Kier alpha value is -1.93. The van der Waals surface area contributed by atoms with Crippen LogP contribution in [-0.4, -0.2) is 11.6 Å². The van der Waals surface area contributed by atoms with Gasteiger partial charge in [0.2, 0.25) is 11.6 Å². The number of fused-ring (bicyclic) bond motifs is 2. The molecule has 120 valence electrons. The summed E-state index contributed by atoms with van der Waals surface area (Å²) in [5.41, 5.74) is 0. The summed E-state index contributed by atoms with van der Waals surface area (Å²) in [7, 11) is 0.517. The molecular weight excluding hydrogens is 311 g/mol. The summed E-state index contributed by atoms with van der Waals surface area (Å²) < 4.78 is 23.1. The van der Waals surface area contributed by atoms with Crippen molar-refractivity contribution in [1.29, 1.82) is 0 Å². The maximum Gasteiger partial charge on any atom is 0.246 e. The molecule has 5 heteroatoms. The van der Waals surface area contributed by atoms with Crippen LogP contribution < -0.4 is 29.6 Å². The fourth-order valence-electron chi connectivity index (χ4n) is 2.77. The molecule has 0 aromatic heterocycles. The number of hydrogen-bond acceptors (Lipinski definition) is 4. The van der Waals surface area contributed by atoms with Crippen molar-refractivity contribution < 1.29 is 18.9 Å². The van der Waals surface area contributed by atoms with Gasteiger partial charge in [0.25, 0.3) is 0 Å². The summed E-state index contributed by atoms with van der Waals surface area (Å²) in [6.07, 6.45) is 0. The molecule has 0 radical (unpaired) electrons. The Kier molecular flexibility index (Phi) is 3.05. The predicted octanol–water partition coefficient (Wildman–Crippen LogP) is 3.33. The largest absolute Gasteiger partial charge is 0.449 e. The molecule has 4 nitrogen and oxygen atoms in total. The lowest BCUT2D eigenvalue weighted by Crippen LogP contribution is -2.29. The highest BCUT2D eigenvalue weighted by Gasteiger charge is 2.32. The molecule has 0 spiro atoms. The van der Waals surface area contributed by atoms with E-state index in [-0.39, 0.29) is 0 Å². The van der Waals surface area contributed by atoms with Gasteiger partial charge in [-0.1, -0.05) is 20.7 Å². The van der Waals surface area contributed by atoms with E-state index in [2.05, 4.69) is 24.3 Å². The topological polar surface area (TPSA) is 36.9 Å². The SMILES string of the molecule is CC1(C)Oc2ccc(Pc3ccc4c(c3)OC(C)(C)O4)cc2O1. The number of rotatable bonds is 2. The van der Waals surface area contributed by atoms with Gasteiger partial charge < -0.3 is 18.9 Å². The highest BCUT2D eigenvalue weighted by atomic mass is 31.1. The van der Waals surface area contributed by atoms with E-state index in [1.165, 1.54) is 10.6 Å². The summed E-state index contributed by atoms with van der Waals surface area (Å²) in [4.78, 5) is 0. The fraction of sp³-hybridized carbons (Fsp3) is 0.333. The first-order chi connectivity index (χ1) is 10.8. The van der Waals surface area contributed by atoms with Crippen LogP contribution >= 0.6 is 8.58 Å². The van der Waals surface area contributed by atoms with Crippen LogP contribution in [0.25, 0.3) is 0 Å². The number of benzene rings is 2. The van der Waals surface area contributed by atoms with Gasteiger partial charge in [-0.3, -0.25) is 0 Å². The van der Waals surface area contributed by atoms with Gasteiger partial charge >= 0.3 is 0 Å². The van der Waals surface area contributed by atoms with E-state index in [1.54, 1.807) is 0 Å². The van der Waals surface area contributed by atoms with Crippen LogP contribution in [0.1, 0.15) is 27.7 Å². The van der Waals surface area contributed by atoms with Crippen molar-refractivity contribution in [2.45, 2.75) is 39.3 Å². The van der Waals surface area contributed by atoms with Crippen molar-refractivity contribution in [3.63, 3.8) is 0 Å². The molecule has 0 aliphatic carbocycles. The summed E-state index contributed by atoms with van der Waals surface area (Å²) in [6, 6.07) is 12.2. The van der Waals surface area contributed by atoms with Crippen LogP contribution in [0, 0.1) is 0 Å². The molecule has 0 saturated heterocycles. The highest BCUT2D eigenvalue weighted by molar-refractivity contribution is 7.55. The third kappa shape index (κ3) is 2.84. The second-order valence-corrected chi connectivity index (χ2v) is 8.06. The summed E-state index contributed by atoms with van der Waals surface area (Å²) in [6.45, 7) is 7.65. The monoisotopic (exact) mass is 330 g/mol. The quantitative estimate of drug-likeness (QED) is 0.792. The van der Waals surface area contributed by atoms with E-state index in [9.17, 15) is 0 Å². The van der Waals surface area contributed by atoms with E-state index in [1.807, 2.05) is 39.8 Å². The minimum absolute atomic E-state index is 0.517. The first-order valence-corrected chi connectivity index (χ1v) is 8.61. The lowest BCUT2D eigenvalue weighted by molar-refractivity contribution is -0.0437. The van der Waals surface area contributed by atoms with Crippen molar-refractivity contribution in [2.75, 3.05) is 0 Å². The van der Waals surface area contributed by atoms with Gasteiger partial charge in [-0.25, -0.2) is 0 Å². The van der Waals surface area contributed by atoms with Crippen LogP contribution in [0.3, 0.4) is 0 Å². The molecule has 4 rings (SSSR count). The minimum atomic E-state index is -0.589. The molecule has 2 aromatic carbocycles. The van der Waals surface area contributed by atoms with Crippen molar-refractivity contribution in [3.8, 4) is 23.0 Å². The minimum Gasteiger partial charge on any atom is -0.449 e. The Morgan fingerprint density at radius 1 is 0.609 bits per heavy atom. The van der Waals surface area contributed by atoms with Gasteiger partial charge in [0.05, 0.1) is 0 Å². The maximum atomic E-state index is 5.81. The Bertz CT molecular complexity index is 717. The number of hydrogen-bond donors (Lipinski definition) is 0. The summed E-state index contributed by atoms with van der Waals surface area (Å²) >= 11 is 0. The van der Waals surface area contributed by atoms with E-state index < -0.39 is 11.6 Å². The first-order valence-electron chi connectivity index (χ1n) is 7.61. The second kappa shape index (κ2) is 4.78. The third-order valence-electron chi connectivity index (χ3n) is 3.60. The molecule has 2 aliphatic heterocycles. The van der Waals surface area contributed by atoms with Crippen LogP contribution in [0.15, 0.2) is 36.4 Å². The van der Waals surface area contributed by atoms with Gasteiger partial charge in [0, 0.05) is 27.7 Å². The van der Waals surface area contributed by atoms with Gasteiger partial charge in [-0.05, 0) is 34.9 Å². The second-order valence-electron chi connectivity index (χ2n) is 6.66. The maximum absolute atomic E-state index is 5.81. The lowest BCUT2D eigenvalue weighted by atomic mass is 10.3.